The monoisotopic (exact) mass is 923 g/mol. The molecule has 0 amide bonds. The zero-order valence-corrected chi connectivity index (χ0v) is 41.9. The highest BCUT2D eigenvalue weighted by Gasteiger charge is 2.20. The third-order valence-corrected chi connectivity index (χ3v) is 12.8. The Morgan fingerprint density at radius 1 is 0.479 bits per heavy atom. The van der Waals surface area contributed by atoms with Crippen molar-refractivity contribution in [2.75, 3.05) is 0 Å². The molecule has 0 aliphatic rings. The quantitative estimate of drug-likeness (QED) is 0.135. The minimum Gasteiger partial charge on any atom is -0.456 e. The van der Waals surface area contributed by atoms with Gasteiger partial charge < -0.3 is 13.7 Å². The molecule has 0 radical (unpaired) electrons. The molecule has 0 unspecified atom stereocenters. The number of para-hydroxylation sites is 2. The largest absolute Gasteiger partial charge is 0.456 e. The van der Waals surface area contributed by atoms with Crippen LogP contribution in [-0.4, -0.2) is 4.57 Å². The topological polar surface area (TPSA) is 27.3 Å². The molecule has 3 nitrogen and oxygen atoms in total. The van der Waals surface area contributed by atoms with E-state index in [-0.39, 0.29) is 0 Å². The molecule has 71 heavy (non-hydrogen) atoms. The maximum atomic E-state index is 6.86. The first-order chi connectivity index (χ1) is 34.7. The SMILES string of the molecule is C/C=C(\C=C/c1cc2ccc(Oc3ccc(C)cc3C)c(-c3cc(-c4ccccc4)cc(-c4ccccc4)c3)c2o1)n1c2ccccc2c2ccccc21.CCC.Cc1ccccc1-c1ccccc1C. The maximum Gasteiger partial charge on any atom is 0.146 e. The Kier molecular flexibility index (Phi) is 14.7. The average Bonchev–Trinajstić information content (AvgIpc) is 3.98. The number of allylic oxidation sites excluding steroid dienone is 3. The Bertz CT molecular complexity index is 3510. The van der Waals surface area contributed by atoms with Crippen LogP contribution in [0.3, 0.4) is 0 Å². The van der Waals surface area contributed by atoms with Crippen molar-refractivity contribution in [3.8, 4) is 56.0 Å². The first-order valence-electron chi connectivity index (χ1n) is 24.8. The molecule has 0 fully saturated rings. The third kappa shape index (κ3) is 10.5. The molecule has 11 rings (SSSR count). The maximum absolute atomic E-state index is 6.86. The van der Waals surface area contributed by atoms with Crippen LogP contribution in [0.4, 0.5) is 0 Å². The van der Waals surface area contributed by atoms with Crippen LogP contribution in [0.5, 0.6) is 11.5 Å². The Labute approximate surface area is 419 Å². The Morgan fingerprint density at radius 2 is 0.972 bits per heavy atom. The van der Waals surface area contributed by atoms with Crippen LogP contribution in [-0.2, 0) is 0 Å². The Balaban J connectivity index is 0.000000311. The van der Waals surface area contributed by atoms with E-state index in [0.29, 0.717) is 0 Å². The number of aryl methyl sites for hydroxylation is 4. The fourth-order valence-electron chi connectivity index (χ4n) is 9.36. The molecule has 0 bridgehead atoms. The Morgan fingerprint density at radius 3 is 1.51 bits per heavy atom. The summed E-state index contributed by atoms with van der Waals surface area (Å²) >= 11 is 0. The molecule has 9 aromatic carbocycles. The van der Waals surface area contributed by atoms with Gasteiger partial charge in [0.2, 0.25) is 0 Å². The molecular weight excluding hydrogens is 863 g/mol. The van der Waals surface area contributed by atoms with Crippen LogP contribution in [0.1, 0.15) is 55.2 Å². The van der Waals surface area contributed by atoms with Gasteiger partial charge in [-0.1, -0.05) is 190 Å². The van der Waals surface area contributed by atoms with Gasteiger partial charge >= 0.3 is 0 Å². The summed E-state index contributed by atoms with van der Waals surface area (Å²) in [6.45, 7) is 14.8. The van der Waals surface area contributed by atoms with Crippen LogP contribution < -0.4 is 4.74 Å². The number of furan rings is 1. The van der Waals surface area contributed by atoms with E-state index in [0.717, 1.165) is 72.9 Å². The van der Waals surface area contributed by atoms with Crippen LogP contribution in [0.15, 0.2) is 229 Å². The molecule has 2 heterocycles. The normalized spacial score (nSPS) is 11.4. The molecule has 0 aliphatic carbocycles. The lowest BCUT2D eigenvalue weighted by Gasteiger charge is -2.16. The van der Waals surface area contributed by atoms with Crippen molar-refractivity contribution in [1.29, 1.82) is 0 Å². The standard InChI is InChI=1S/C51H39NO2.C14H14.C3H8/c1-4-42(52-46-21-13-11-19-44(46)45-20-12-14-22-47(45)52)25-26-43-33-38-24-28-49(54-48-27-23-34(2)29-35(48)3)50(51(38)53-43)41-31-39(36-15-7-5-8-16-36)30-40(32-41)37-17-9-6-10-18-37;1-11-7-3-5-9-13(11)14-10-6-4-8-12(14)2;1-3-2/h4-33H,1-3H3;3-10H,1-2H3;3H2,1-2H3/b26-25-,42-4+;;. The summed E-state index contributed by atoms with van der Waals surface area (Å²) in [4.78, 5) is 0. The van der Waals surface area contributed by atoms with Crippen molar-refractivity contribution in [1.82, 2.24) is 4.57 Å². The zero-order valence-electron chi connectivity index (χ0n) is 41.9. The molecule has 2 aromatic heterocycles. The molecule has 0 saturated heterocycles. The molecular formula is C68H61NO2. The van der Waals surface area contributed by atoms with Gasteiger partial charge in [-0.05, 0) is 157 Å². The number of ether oxygens (including phenoxy) is 1. The highest BCUT2D eigenvalue weighted by molar-refractivity contribution is 6.10. The number of benzene rings is 9. The van der Waals surface area contributed by atoms with Crippen LogP contribution in [0, 0.1) is 27.7 Å². The predicted octanol–water partition coefficient (Wildman–Crippen LogP) is 19.9. The van der Waals surface area contributed by atoms with Gasteiger partial charge in [0.1, 0.15) is 22.8 Å². The molecule has 0 aliphatic heterocycles. The van der Waals surface area contributed by atoms with E-state index >= 15 is 0 Å². The second-order valence-corrected chi connectivity index (χ2v) is 18.2. The minimum absolute atomic E-state index is 0.739. The summed E-state index contributed by atoms with van der Waals surface area (Å²) < 4.78 is 16.0. The molecule has 0 spiro atoms. The summed E-state index contributed by atoms with van der Waals surface area (Å²) in [6.07, 6.45) is 7.62. The molecule has 350 valence electrons. The minimum atomic E-state index is 0.739. The van der Waals surface area contributed by atoms with Gasteiger partial charge in [-0.25, -0.2) is 0 Å². The van der Waals surface area contributed by atoms with Gasteiger partial charge in [0.25, 0.3) is 0 Å². The number of hydrogen-bond acceptors (Lipinski definition) is 2. The summed E-state index contributed by atoms with van der Waals surface area (Å²) in [5.74, 6) is 2.32. The van der Waals surface area contributed by atoms with E-state index < -0.39 is 0 Å². The van der Waals surface area contributed by atoms with Crippen molar-refractivity contribution in [3.05, 3.63) is 252 Å². The van der Waals surface area contributed by atoms with Gasteiger partial charge in [0, 0.05) is 21.9 Å². The van der Waals surface area contributed by atoms with Gasteiger partial charge in [0.05, 0.1) is 16.6 Å². The smallest absolute Gasteiger partial charge is 0.146 e. The predicted molar refractivity (Wildman–Crippen MR) is 304 cm³/mol. The second kappa shape index (κ2) is 21.9. The third-order valence-electron chi connectivity index (χ3n) is 12.8. The number of rotatable bonds is 9. The van der Waals surface area contributed by atoms with E-state index in [2.05, 4.69) is 284 Å². The van der Waals surface area contributed by atoms with Crippen molar-refractivity contribution in [2.24, 2.45) is 0 Å². The van der Waals surface area contributed by atoms with Crippen molar-refractivity contribution < 1.29 is 9.15 Å². The number of fused-ring (bicyclic) bond motifs is 4. The van der Waals surface area contributed by atoms with Crippen molar-refractivity contribution in [2.45, 2.75) is 54.9 Å². The molecule has 0 N–H and O–H groups in total. The summed E-state index contributed by atoms with van der Waals surface area (Å²) in [6, 6.07) is 74.6. The highest BCUT2D eigenvalue weighted by Crippen LogP contribution is 2.44. The van der Waals surface area contributed by atoms with Crippen LogP contribution in [0.2, 0.25) is 0 Å². The van der Waals surface area contributed by atoms with Crippen molar-refractivity contribution >= 4 is 44.5 Å². The number of nitrogens with zero attached hydrogens (tertiary/aromatic N) is 1. The van der Waals surface area contributed by atoms with E-state index in [1.165, 1.54) is 56.0 Å². The Hall–Kier alpha value is -8.40. The van der Waals surface area contributed by atoms with E-state index in [1.54, 1.807) is 0 Å². The fraction of sp³-hybridized carbons (Fsp3) is 0.118. The lowest BCUT2D eigenvalue weighted by atomic mass is 9.92. The number of hydrogen-bond donors (Lipinski definition) is 0. The second-order valence-electron chi connectivity index (χ2n) is 18.2. The molecule has 3 heteroatoms. The van der Waals surface area contributed by atoms with Crippen molar-refractivity contribution in [3.63, 3.8) is 0 Å². The molecule has 11 aromatic rings. The van der Waals surface area contributed by atoms with Gasteiger partial charge in [0.15, 0.2) is 0 Å². The van der Waals surface area contributed by atoms with Gasteiger partial charge in [-0.15, -0.1) is 0 Å². The van der Waals surface area contributed by atoms with Gasteiger partial charge in [-0.3, -0.25) is 0 Å². The zero-order chi connectivity index (χ0) is 49.3. The first kappa shape index (κ1) is 47.7. The average molecular weight is 924 g/mol. The molecule has 0 atom stereocenters. The van der Waals surface area contributed by atoms with E-state index in [4.69, 9.17) is 9.15 Å². The van der Waals surface area contributed by atoms with Gasteiger partial charge in [-0.2, -0.15) is 0 Å². The lowest BCUT2D eigenvalue weighted by Crippen LogP contribution is -1.93. The van der Waals surface area contributed by atoms with E-state index in [9.17, 15) is 0 Å². The summed E-state index contributed by atoms with van der Waals surface area (Å²) in [5.41, 5.74) is 18.3. The lowest BCUT2D eigenvalue weighted by molar-refractivity contribution is 0.479. The summed E-state index contributed by atoms with van der Waals surface area (Å²) in [5, 5.41) is 3.47. The summed E-state index contributed by atoms with van der Waals surface area (Å²) in [7, 11) is 0. The van der Waals surface area contributed by atoms with Crippen LogP contribution >= 0.6 is 0 Å². The fourth-order valence-corrected chi connectivity index (χ4v) is 9.36. The molecule has 0 saturated carbocycles. The highest BCUT2D eigenvalue weighted by atomic mass is 16.5. The van der Waals surface area contributed by atoms with E-state index in [1.807, 2.05) is 0 Å². The van der Waals surface area contributed by atoms with Crippen LogP contribution in [0.25, 0.3) is 89.1 Å². The number of aromatic nitrogens is 1. The first-order valence-corrected chi connectivity index (χ1v) is 24.8.